The van der Waals surface area contributed by atoms with Crippen molar-refractivity contribution in [3.05, 3.63) is 88.3 Å². The molecular weight excluding hydrogens is 426 g/mol. The van der Waals surface area contributed by atoms with Gasteiger partial charge in [-0.2, -0.15) is 0 Å². The highest BCUT2D eigenvalue weighted by Crippen LogP contribution is 2.33. The molecule has 0 fully saturated rings. The summed E-state index contributed by atoms with van der Waals surface area (Å²) < 4.78 is 11.9. The van der Waals surface area contributed by atoms with Crippen molar-refractivity contribution in [1.82, 2.24) is 9.66 Å². The molecule has 0 saturated carbocycles. The third-order valence-electron chi connectivity index (χ3n) is 4.98. The summed E-state index contributed by atoms with van der Waals surface area (Å²) in [6.07, 6.45) is 3.52. The van der Waals surface area contributed by atoms with Gasteiger partial charge in [0.05, 0.1) is 19.6 Å². The molecule has 0 atom stereocenters. The maximum Gasteiger partial charge on any atom is 0.281 e. The van der Waals surface area contributed by atoms with Crippen molar-refractivity contribution in [2.75, 3.05) is 19.6 Å². The first kappa shape index (κ1) is 21.3. The van der Waals surface area contributed by atoms with Crippen LogP contribution in [-0.4, -0.2) is 29.8 Å². The maximum atomic E-state index is 13.2. The van der Waals surface area contributed by atoms with E-state index in [-0.39, 0.29) is 5.56 Å². The maximum absolute atomic E-state index is 13.2. The second-order valence-electron chi connectivity index (χ2n) is 6.92. The monoisotopic (exact) mass is 447 g/mol. The highest BCUT2D eigenvalue weighted by Gasteiger charge is 2.18. The first-order chi connectivity index (χ1) is 15.6. The average Bonchev–Trinajstić information content (AvgIpc) is 3.26. The molecule has 4 rings (SSSR count). The van der Waals surface area contributed by atoms with Crippen molar-refractivity contribution in [2.45, 2.75) is 6.42 Å². The van der Waals surface area contributed by atoms with E-state index in [1.54, 1.807) is 18.2 Å². The molecule has 0 saturated heterocycles. The standard InChI is InChI=1S/C24H21N3O4S/c1-4-8-16-11-17(12-19(30-2)21(16)31-3)22(28)26-27-14-25-23-20(24(27)29)18(13-32-23)15-9-6-5-7-10-15/h4-7,9-14H,1,8H2,2-3H3,(H,26,28). The van der Waals surface area contributed by atoms with E-state index in [1.165, 1.54) is 31.9 Å². The smallest absolute Gasteiger partial charge is 0.281 e. The van der Waals surface area contributed by atoms with Gasteiger partial charge in [-0.3, -0.25) is 15.0 Å². The largest absolute Gasteiger partial charge is 0.493 e. The summed E-state index contributed by atoms with van der Waals surface area (Å²) >= 11 is 1.39. The van der Waals surface area contributed by atoms with E-state index < -0.39 is 5.91 Å². The Labute approximate surface area is 188 Å². The second-order valence-corrected chi connectivity index (χ2v) is 7.78. The number of thiophene rings is 1. The minimum atomic E-state index is -0.476. The molecule has 1 amide bonds. The first-order valence-corrected chi connectivity index (χ1v) is 10.7. The molecular formula is C24H21N3O4S. The van der Waals surface area contributed by atoms with E-state index in [0.29, 0.717) is 33.7 Å². The van der Waals surface area contributed by atoms with Crippen LogP contribution in [0.3, 0.4) is 0 Å². The minimum Gasteiger partial charge on any atom is -0.493 e. The zero-order valence-electron chi connectivity index (χ0n) is 17.6. The van der Waals surface area contributed by atoms with Gasteiger partial charge in [0.1, 0.15) is 11.2 Å². The Morgan fingerprint density at radius 3 is 2.69 bits per heavy atom. The van der Waals surface area contributed by atoms with Crippen LogP contribution in [0.5, 0.6) is 11.5 Å². The summed E-state index contributed by atoms with van der Waals surface area (Å²) in [5.41, 5.74) is 5.04. The van der Waals surface area contributed by atoms with Gasteiger partial charge in [0.15, 0.2) is 11.5 Å². The van der Waals surface area contributed by atoms with Gasteiger partial charge in [0.2, 0.25) is 0 Å². The average molecular weight is 448 g/mol. The number of benzene rings is 2. The Bertz CT molecular complexity index is 1360. The van der Waals surface area contributed by atoms with Crippen molar-refractivity contribution < 1.29 is 14.3 Å². The van der Waals surface area contributed by atoms with Crippen molar-refractivity contribution in [2.24, 2.45) is 0 Å². The Morgan fingerprint density at radius 1 is 1.22 bits per heavy atom. The molecule has 0 spiro atoms. The molecule has 0 aliphatic heterocycles. The number of rotatable bonds is 7. The number of carbonyl (C=O) groups is 1. The van der Waals surface area contributed by atoms with Gasteiger partial charge < -0.3 is 9.47 Å². The molecule has 2 aromatic carbocycles. The number of hydrogen-bond acceptors (Lipinski definition) is 6. The number of nitrogens with zero attached hydrogens (tertiary/aromatic N) is 2. The lowest BCUT2D eigenvalue weighted by Gasteiger charge is -2.15. The molecule has 1 N–H and O–H groups in total. The number of hydrogen-bond donors (Lipinski definition) is 1. The fraction of sp³-hybridized carbons (Fsp3) is 0.125. The van der Waals surface area contributed by atoms with Crippen LogP contribution in [0.4, 0.5) is 0 Å². The van der Waals surface area contributed by atoms with E-state index in [9.17, 15) is 9.59 Å². The molecule has 0 aliphatic carbocycles. The predicted molar refractivity (Wildman–Crippen MR) is 126 cm³/mol. The number of fused-ring (bicyclic) bond motifs is 1. The summed E-state index contributed by atoms with van der Waals surface area (Å²) in [5.74, 6) is 0.480. The highest BCUT2D eigenvalue weighted by atomic mass is 32.1. The minimum absolute atomic E-state index is 0.320. The van der Waals surface area contributed by atoms with Crippen LogP contribution in [0.2, 0.25) is 0 Å². The summed E-state index contributed by atoms with van der Waals surface area (Å²) in [6, 6.07) is 12.9. The zero-order valence-corrected chi connectivity index (χ0v) is 18.4. The molecule has 0 unspecified atom stereocenters. The lowest BCUT2D eigenvalue weighted by Crippen LogP contribution is -2.33. The van der Waals surface area contributed by atoms with Gasteiger partial charge in [-0.1, -0.05) is 36.4 Å². The van der Waals surface area contributed by atoms with Gasteiger partial charge in [0.25, 0.3) is 11.5 Å². The molecule has 0 aliphatic rings. The van der Waals surface area contributed by atoms with Gasteiger partial charge >= 0.3 is 0 Å². The van der Waals surface area contributed by atoms with E-state index in [0.717, 1.165) is 21.4 Å². The Kier molecular flexibility index (Phi) is 6.04. The third-order valence-corrected chi connectivity index (χ3v) is 5.87. The van der Waals surface area contributed by atoms with E-state index in [2.05, 4.69) is 17.0 Å². The molecule has 0 bridgehead atoms. The zero-order chi connectivity index (χ0) is 22.7. The SMILES string of the molecule is C=CCc1cc(C(=O)Nn2cnc3scc(-c4ccccc4)c3c2=O)cc(OC)c1OC. The number of nitrogens with one attached hydrogen (secondary N) is 1. The summed E-state index contributed by atoms with van der Waals surface area (Å²) in [5, 5.41) is 2.36. The van der Waals surface area contributed by atoms with Crippen molar-refractivity contribution in [3.63, 3.8) is 0 Å². The van der Waals surface area contributed by atoms with Gasteiger partial charge in [-0.05, 0) is 24.1 Å². The molecule has 32 heavy (non-hydrogen) atoms. The lowest BCUT2D eigenvalue weighted by atomic mass is 10.1. The van der Waals surface area contributed by atoms with E-state index in [4.69, 9.17) is 9.47 Å². The molecule has 162 valence electrons. The van der Waals surface area contributed by atoms with Gasteiger partial charge in [0, 0.05) is 22.1 Å². The normalized spacial score (nSPS) is 10.7. The quantitative estimate of drug-likeness (QED) is 0.428. The van der Waals surface area contributed by atoms with Crippen LogP contribution in [0.1, 0.15) is 15.9 Å². The number of ether oxygens (including phenoxy) is 2. The Balaban J connectivity index is 1.73. The molecule has 0 radical (unpaired) electrons. The number of amides is 1. The van der Waals surface area contributed by atoms with Crippen LogP contribution in [0.25, 0.3) is 21.3 Å². The van der Waals surface area contributed by atoms with Crippen LogP contribution in [-0.2, 0) is 6.42 Å². The molecule has 8 heteroatoms. The molecule has 4 aromatic rings. The van der Waals surface area contributed by atoms with E-state index in [1.807, 2.05) is 35.7 Å². The van der Waals surface area contributed by atoms with Crippen LogP contribution < -0.4 is 20.5 Å². The van der Waals surface area contributed by atoms with Gasteiger partial charge in [-0.25, -0.2) is 9.66 Å². The first-order valence-electron chi connectivity index (χ1n) is 9.78. The number of methoxy groups -OCH3 is 2. The Hall–Kier alpha value is -3.91. The fourth-order valence-corrected chi connectivity index (χ4v) is 4.40. The summed E-state index contributed by atoms with van der Waals surface area (Å²) in [4.78, 5) is 31.2. The van der Waals surface area contributed by atoms with Crippen LogP contribution >= 0.6 is 11.3 Å². The summed E-state index contributed by atoms with van der Waals surface area (Å²) in [6.45, 7) is 3.75. The highest BCUT2D eigenvalue weighted by molar-refractivity contribution is 7.17. The fourth-order valence-electron chi connectivity index (χ4n) is 3.50. The number of carbonyl (C=O) groups excluding carboxylic acids is 1. The van der Waals surface area contributed by atoms with Crippen molar-refractivity contribution in [3.8, 4) is 22.6 Å². The topological polar surface area (TPSA) is 82.5 Å². The van der Waals surface area contributed by atoms with Crippen molar-refractivity contribution >= 4 is 27.5 Å². The van der Waals surface area contributed by atoms with Crippen LogP contribution in [0.15, 0.2) is 71.6 Å². The predicted octanol–water partition coefficient (Wildman–Crippen LogP) is 4.25. The van der Waals surface area contributed by atoms with Crippen LogP contribution in [0, 0.1) is 0 Å². The van der Waals surface area contributed by atoms with Gasteiger partial charge in [-0.15, -0.1) is 17.9 Å². The third kappa shape index (κ3) is 3.88. The number of aromatic nitrogens is 2. The molecule has 2 aromatic heterocycles. The lowest BCUT2D eigenvalue weighted by molar-refractivity contribution is 0.101. The van der Waals surface area contributed by atoms with E-state index >= 15 is 0 Å². The number of allylic oxidation sites excluding steroid dienone is 1. The van der Waals surface area contributed by atoms with Crippen molar-refractivity contribution in [1.29, 1.82) is 0 Å². The molecule has 7 nitrogen and oxygen atoms in total. The molecule has 2 heterocycles. The second kappa shape index (κ2) is 9.07. The Morgan fingerprint density at radius 2 is 2.00 bits per heavy atom. The summed E-state index contributed by atoms with van der Waals surface area (Å²) in [7, 11) is 3.04.